The molecule has 0 aliphatic carbocycles. The smallest absolute Gasteiger partial charge is 0.113 e. The molecule has 0 saturated carbocycles. The van der Waals surface area contributed by atoms with Crippen LogP contribution >= 0.6 is 11.8 Å². The van der Waals surface area contributed by atoms with E-state index in [2.05, 4.69) is 77.1 Å². The number of fused-ring (bicyclic) bond motifs is 1. The van der Waals surface area contributed by atoms with E-state index in [1.54, 1.807) is 11.8 Å². The van der Waals surface area contributed by atoms with Gasteiger partial charge in [-0.1, -0.05) is 89.8 Å². The number of rotatable bonds is 6. The van der Waals surface area contributed by atoms with E-state index in [-0.39, 0.29) is 5.37 Å². The second-order valence-corrected chi connectivity index (χ2v) is 7.21. The molecule has 1 heterocycles. The molecule has 0 amide bonds. The first-order valence-electron chi connectivity index (χ1n) is 8.63. The molecule has 4 aromatic rings. The summed E-state index contributed by atoms with van der Waals surface area (Å²) in [4.78, 5) is 1.23. The van der Waals surface area contributed by atoms with Gasteiger partial charge in [-0.2, -0.15) is 0 Å². The standard InChI is InChI=1S/C22H19N3S/c1-3-10-18(11-4-1)12-9-17-22(26-19-13-5-2-6-14-19)25-21-16-8-7-15-20(21)23-24-25/h1-16,22H,17H2. The van der Waals surface area contributed by atoms with Crippen LogP contribution in [0.25, 0.3) is 17.1 Å². The molecule has 1 unspecified atom stereocenters. The summed E-state index contributed by atoms with van der Waals surface area (Å²) in [6.07, 6.45) is 5.24. The highest BCUT2D eigenvalue weighted by Gasteiger charge is 2.16. The van der Waals surface area contributed by atoms with Gasteiger partial charge in [-0.25, -0.2) is 4.68 Å². The third-order valence-corrected chi connectivity index (χ3v) is 5.32. The van der Waals surface area contributed by atoms with Crippen LogP contribution in [-0.2, 0) is 0 Å². The first kappa shape index (κ1) is 16.6. The molecule has 1 aromatic heterocycles. The maximum Gasteiger partial charge on any atom is 0.113 e. The van der Waals surface area contributed by atoms with Crippen LogP contribution in [0.2, 0.25) is 0 Å². The average molecular weight is 357 g/mol. The summed E-state index contributed by atoms with van der Waals surface area (Å²) in [6, 6.07) is 28.9. The Morgan fingerprint density at radius 2 is 1.54 bits per heavy atom. The lowest BCUT2D eigenvalue weighted by Gasteiger charge is -2.16. The summed E-state index contributed by atoms with van der Waals surface area (Å²) in [6.45, 7) is 0. The maximum atomic E-state index is 4.43. The summed E-state index contributed by atoms with van der Waals surface area (Å²) in [5, 5.41) is 8.90. The summed E-state index contributed by atoms with van der Waals surface area (Å²) in [5.74, 6) is 0. The maximum absolute atomic E-state index is 4.43. The molecule has 3 nitrogen and oxygen atoms in total. The van der Waals surface area contributed by atoms with Gasteiger partial charge in [0, 0.05) is 4.90 Å². The number of thioether (sulfide) groups is 1. The van der Waals surface area contributed by atoms with Crippen LogP contribution in [0.1, 0.15) is 17.4 Å². The Labute approximate surface area is 157 Å². The van der Waals surface area contributed by atoms with Crippen LogP contribution in [0.15, 0.2) is 95.9 Å². The molecule has 1 atom stereocenters. The van der Waals surface area contributed by atoms with Crippen molar-refractivity contribution < 1.29 is 0 Å². The lowest BCUT2D eigenvalue weighted by molar-refractivity contribution is 0.599. The van der Waals surface area contributed by atoms with Crippen LogP contribution in [0.3, 0.4) is 0 Å². The molecule has 4 heteroatoms. The van der Waals surface area contributed by atoms with Crippen LogP contribution in [0.4, 0.5) is 0 Å². The van der Waals surface area contributed by atoms with E-state index < -0.39 is 0 Å². The summed E-state index contributed by atoms with van der Waals surface area (Å²) < 4.78 is 2.03. The predicted molar refractivity (Wildman–Crippen MR) is 109 cm³/mol. The zero-order valence-corrected chi connectivity index (χ0v) is 15.1. The second-order valence-electron chi connectivity index (χ2n) is 5.96. The molecular formula is C22H19N3S. The molecule has 0 aliphatic heterocycles. The van der Waals surface area contributed by atoms with Gasteiger partial charge in [0.1, 0.15) is 10.9 Å². The van der Waals surface area contributed by atoms with Crippen LogP contribution in [-0.4, -0.2) is 15.0 Å². The highest BCUT2D eigenvalue weighted by atomic mass is 32.2. The van der Waals surface area contributed by atoms with Crippen molar-refractivity contribution in [1.82, 2.24) is 15.0 Å². The molecule has 3 aromatic carbocycles. The lowest BCUT2D eigenvalue weighted by Crippen LogP contribution is -2.06. The van der Waals surface area contributed by atoms with Crippen molar-refractivity contribution in [3.8, 4) is 0 Å². The molecule has 0 N–H and O–H groups in total. The molecule has 0 aliphatic rings. The molecule has 128 valence electrons. The van der Waals surface area contributed by atoms with Gasteiger partial charge in [-0.15, -0.1) is 5.10 Å². The zero-order chi connectivity index (χ0) is 17.6. The first-order chi connectivity index (χ1) is 12.9. The summed E-state index contributed by atoms with van der Waals surface area (Å²) in [7, 11) is 0. The normalized spacial score (nSPS) is 12.6. The minimum absolute atomic E-state index is 0.143. The second kappa shape index (κ2) is 8.02. The van der Waals surface area contributed by atoms with E-state index in [9.17, 15) is 0 Å². The Morgan fingerprint density at radius 3 is 2.35 bits per heavy atom. The molecule has 26 heavy (non-hydrogen) atoms. The Hall–Kier alpha value is -2.85. The molecule has 0 bridgehead atoms. The van der Waals surface area contributed by atoms with Crippen molar-refractivity contribution in [2.75, 3.05) is 0 Å². The van der Waals surface area contributed by atoms with Crippen LogP contribution in [0.5, 0.6) is 0 Å². The monoisotopic (exact) mass is 357 g/mol. The molecular weight excluding hydrogens is 338 g/mol. The fourth-order valence-corrected chi connectivity index (χ4v) is 3.93. The van der Waals surface area contributed by atoms with Gasteiger partial charge in [0.25, 0.3) is 0 Å². The highest BCUT2D eigenvalue weighted by Crippen LogP contribution is 2.35. The van der Waals surface area contributed by atoms with Crippen molar-refractivity contribution in [1.29, 1.82) is 0 Å². The Kier molecular flexibility index (Phi) is 5.12. The predicted octanol–water partition coefficient (Wildman–Crippen LogP) is 5.83. The molecule has 0 spiro atoms. The van der Waals surface area contributed by atoms with E-state index >= 15 is 0 Å². The third-order valence-electron chi connectivity index (χ3n) is 4.11. The number of aromatic nitrogens is 3. The fraction of sp³-hybridized carbons (Fsp3) is 0.0909. The highest BCUT2D eigenvalue weighted by molar-refractivity contribution is 7.99. The van der Waals surface area contributed by atoms with Crippen molar-refractivity contribution in [2.24, 2.45) is 0 Å². The Bertz CT molecular complexity index is 994. The van der Waals surface area contributed by atoms with Crippen LogP contribution < -0.4 is 0 Å². The quantitative estimate of drug-likeness (QED) is 0.407. The van der Waals surface area contributed by atoms with E-state index in [1.807, 2.05) is 35.0 Å². The van der Waals surface area contributed by atoms with Gasteiger partial charge in [-0.05, 0) is 36.2 Å². The minimum Gasteiger partial charge on any atom is -0.231 e. The lowest BCUT2D eigenvalue weighted by atomic mass is 10.2. The van der Waals surface area contributed by atoms with Gasteiger partial charge in [0.05, 0.1) is 5.52 Å². The molecule has 0 saturated heterocycles. The fourth-order valence-electron chi connectivity index (χ4n) is 2.84. The number of hydrogen-bond acceptors (Lipinski definition) is 3. The molecule has 4 rings (SSSR count). The van der Waals surface area contributed by atoms with Gasteiger partial charge in [0.15, 0.2) is 0 Å². The Morgan fingerprint density at radius 1 is 0.846 bits per heavy atom. The minimum atomic E-state index is 0.143. The van der Waals surface area contributed by atoms with Crippen LogP contribution in [0, 0.1) is 0 Å². The topological polar surface area (TPSA) is 30.7 Å². The van der Waals surface area contributed by atoms with Crippen molar-refractivity contribution >= 4 is 28.9 Å². The van der Waals surface area contributed by atoms with Gasteiger partial charge < -0.3 is 0 Å². The largest absolute Gasteiger partial charge is 0.231 e. The van der Waals surface area contributed by atoms with Gasteiger partial charge in [-0.3, -0.25) is 0 Å². The van der Waals surface area contributed by atoms with Crippen molar-refractivity contribution in [3.63, 3.8) is 0 Å². The molecule has 0 radical (unpaired) electrons. The van der Waals surface area contributed by atoms with Gasteiger partial charge in [0.2, 0.25) is 0 Å². The average Bonchev–Trinajstić information content (AvgIpc) is 3.13. The number of para-hydroxylation sites is 1. The van der Waals surface area contributed by atoms with Gasteiger partial charge >= 0.3 is 0 Å². The van der Waals surface area contributed by atoms with E-state index in [4.69, 9.17) is 0 Å². The van der Waals surface area contributed by atoms with E-state index in [0.717, 1.165) is 17.5 Å². The Balaban J connectivity index is 1.62. The SMILES string of the molecule is C(=Cc1ccccc1)CC(Sc1ccccc1)n1nnc2ccccc21. The summed E-state index contributed by atoms with van der Waals surface area (Å²) in [5.41, 5.74) is 3.20. The van der Waals surface area contributed by atoms with E-state index in [1.165, 1.54) is 10.5 Å². The number of hydrogen-bond donors (Lipinski definition) is 0. The van der Waals surface area contributed by atoms with Crippen molar-refractivity contribution in [2.45, 2.75) is 16.7 Å². The van der Waals surface area contributed by atoms with Crippen molar-refractivity contribution in [3.05, 3.63) is 96.6 Å². The number of benzene rings is 3. The third kappa shape index (κ3) is 3.86. The molecule has 0 fully saturated rings. The first-order valence-corrected chi connectivity index (χ1v) is 9.51. The number of nitrogens with zero attached hydrogens (tertiary/aromatic N) is 3. The zero-order valence-electron chi connectivity index (χ0n) is 14.3. The summed E-state index contributed by atoms with van der Waals surface area (Å²) >= 11 is 1.81. The van der Waals surface area contributed by atoms with E-state index in [0.29, 0.717) is 0 Å². The number of allylic oxidation sites excluding steroid dienone is 1.